The van der Waals surface area contributed by atoms with Gasteiger partial charge in [-0.15, -0.1) is 0 Å². The van der Waals surface area contributed by atoms with Crippen LogP contribution in [-0.4, -0.2) is 6.54 Å². The van der Waals surface area contributed by atoms with Gasteiger partial charge in [-0.25, -0.2) is 0 Å². The summed E-state index contributed by atoms with van der Waals surface area (Å²) in [5.74, 6) is 0. The molecule has 1 heterocycles. The Hall–Kier alpha value is -0.460. The van der Waals surface area contributed by atoms with E-state index in [9.17, 15) is 0 Å². The van der Waals surface area contributed by atoms with Crippen LogP contribution in [0.15, 0.2) is 11.3 Å². The second-order valence-electron chi connectivity index (χ2n) is 2.47. The summed E-state index contributed by atoms with van der Waals surface area (Å²) in [6.45, 7) is 5.62. The minimum Gasteiger partial charge on any atom is -0.388 e. The van der Waals surface area contributed by atoms with E-state index in [4.69, 9.17) is 0 Å². The highest BCUT2D eigenvalue weighted by Gasteiger charge is 2.08. The highest BCUT2D eigenvalue weighted by atomic mass is 14.9. The summed E-state index contributed by atoms with van der Waals surface area (Å²) < 4.78 is 0. The molecule has 0 bridgehead atoms. The van der Waals surface area contributed by atoms with Crippen molar-refractivity contribution in [2.75, 3.05) is 6.54 Å². The number of hydrogen-bond donors (Lipinski definition) is 1. The van der Waals surface area contributed by atoms with Gasteiger partial charge in [-0.05, 0) is 24.8 Å². The maximum atomic E-state index is 3.39. The Labute approximate surface area is 57.1 Å². The molecule has 52 valence electrons. The first kappa shape index (κ1) is 6.66. The van der Waals surface area contributed by atoms with E-state index in [-0.39, 0.29) is 0 Å². The van der Waals surface area contributed by atoms with Gasteiger partial charge in [0, 0.05) is 12.2 Å². The molecule has 0 atom stereocenters. The monoisotopic (exact) mass is 125 g/mol. The number of hydrogen-bond acceptors (Lipinski definition) is 1. The van der Waals surface area contributed by atoms with Crippen molar-refractivity contribution in [2.45, 2.75) is 33.1 Å². The predicted octanol–water partition coefficient (Wildman–Crippen LogP) is 2.05. The first-order chi connectivity index (χ1) is 4.38. The van der Waals surface area contributed by atoms with Gasteiger partial charge in [-0.3, -0.25) is 0 Å². The van der Waals surface area contributed by atoms with E-state index in [0.29, 0.717) is 0 Å². The normalized spacial score (nSPS) is 18.4. The molecule has 1 aliphatic heterocycles. The molecule has 1 rings (SSSR count). The van der Waals surface area contributed by atoms with Crippen LogP contribution in [0.5, 0.6) is 0 Å². The number of nitrogens with one attached hydrogen (secondary N) is 1. The Morgan fingerprint density at radius 1 is 1.33 bits per heavy atom. The maximum absolute atomic E-state index is 3.39. The second-order valence-corrected chi connectivity index (χ2v) is 2.47. The molecule has 0 aromatic carbocycles. The van der Waals surface area contributed by atoms with E-state index in [1.54, 1.807) is 5.57 Å². The van der Waals surface area contributed by atoms with E-state index in [2.05, 4.69) is 19.2 Å². The van der Waals surface area contributed by atoms with E-state index in [1.165, 1.54) is 31.5 Å². The predicted molar refractivity (Wildman–Crippen MR) is 40.2 cm³/mol. The standard InChI is InChI=1S/C8H15N/c1-3-7-5-6-9-8(7)4-2/h9H,3-6H2,1-2H3. The smallest absolute Gasteiger partial charge is 0.0181 e. The number of rotatable bonds is 2. The Balaban J connectivity index is 2.59. The van der Waals surface area contributed by atoms with Gasteiger partial charge in [0.05, 0.1) is 0 Å². The zero-order valence-electron chi connectivity index (χ0n) is 6.33. The van der Waals surface area contributed by atoms with Crippen LogP contribution >= 0.6 is 0 Å². The van der Waals surface area contributed by atoms with Crippen LogP contribution in [-0.2, 0) is 0 Å². The summed E-state index contributed by atoms with van der Waals surface area (Å²) in [7, 11) is 0. The van der Waals surface area contributed by atoms with E-state index < -0.39 is 0 Å². The molecule has 0 amide bonds. The fraction of sp³-hybridized carbons (Fsp3) is 0.750. The molecule has 1 aliphatic rings. The zero-order valence-corrected chi connectivity index (χ0v) is 6.33. The van der Waals surface area contributed by atoms with Crippen molar-refractivity contribution >= 4 is 0 Å². The summed E-state index contributed by atoms with van der Waals surface area (Å²) in [6, 6.07) is 0. The lowest BCUT2D eigenvalue weighted by Gasteiger charge is -2.00. The summed E-state index contributed by atoms with van der Waals surface area (Å²) in [5.41, 5.74) is 3.13. The van der Waals surface area contributed by atoms with Crippen LogP contribution in [0.3, 0.4) is 0 Å². The quantitative estimate of drug-likeness (QED) is 0.595. The topological polar surface area (TPSA) is 12.0 Å². The van der Waals surface area contributed by atoms with Gasteiger partial charge in [0.15, 0.2) is 0 Å². The molecule has 0 radical (unpaired) electrons. The molecular formula is C8H15N. The van der Waals surface area contributed by atoms with Crippen LogP contribution in [0.25, 0.3) is 0 Å². The van der Waals surface area contributed by atoms with Crippen molar-refractivity contribution in [3.63, 3.8) is 0 Å². The summed E-state index contributed by atoms with van der Waals surface area (Å²) in [4.78, 5) is 0. The molecule has 1 nitrogen and oxygen atoms in total. The van der Waals surface area contributed by atoms with Crippen molar-refractivity contribution in [1.29, 1.82) is 0 Å². The lowest BCUT2D eigenvalue weighted by Crippen LogP contribution is -2.05. The molecule has 0 aromatic heterocycles. The molecule has 0 fully saturated rings. The SMILES string of the molecule is CCC1=C(CC)NCC1. The highest BCUT2D eigenvalue weighted by molar-refractivity contribution is 5.17. The summed E-state index contributed by atoms with van der Waals surface area (Å²) in [5, 5.41) is 3.39. The van der Waals surface area contributed by atoms with Crippen LogP contribution in [0, 0.1) is 0 Å². The number of allylic oxidation sites excluding steroid dienone is 1. The molecule has 0 unspecified atom stereocenters. The van der Waals surface area contributed by atoms with Gasteiger partial charge in [0.25, 0.3) is 0 Å². The molecule has 0 aromatic rings. The lowest BCUT2D eigenvalue weighted by molar-refractivity contribution is 0.836. The van der Waals surface area contributed by atoms with Crippen molar-refractivity contribution in [1.82, 2.24) is 5.32 Å². The third kappa shape index (κ3) is 1.26. The zero-order chi connectivity index (χ0) is 6.69. The molecule has 9 heavy (non-hydrogen) atoms. The first-order valence-electron chi connectivity index (χ1n) is 3.83. The Morgan fingerprint density at radius 3 is 2.56 bits per heavy atom. The summed E-state index contributed by atoms with van der Waals surface area (Å²) >= 11 is 0. The fourth-order valence-electron chi connectivity index (χ4n) is 1.41. The molecular weight excluding hydrogens is 110 g/mol. The largest absolute Gasteiger partial charge is 0.388 e. The van der Waals surface area contributed by atoms with Crippen molar-refractivity contribution in [3.05, 3.63) is 11.3 Å². The summed E-state index contributed by atoms with van der Waals surface area (Å²) in [6.07, 6.45) is 3.69. The third-order valence-electron chi connectivity index (χ3n) is 1.97. The van der Waals surface area contributed by atoms with Gasteiger partial charge < -0.3 is 5.32 Å². The van der Waals surface area contributed by atoms with E-state index in [0.717, 1.165) is 0 Å². The van der Waals surface area contributed by atoms with Gasteiger partial charge in [0.2, 0.25) is 0 Å². The molecule has 0 saturated heterocycles. The van der Waals surface area contributed by atoms with E-state index >= 15 is 0 Å². The third-order valence-corrected chi connectivity index (χ3v) is 1.97. The van der Waals surface area contributed by atoms with Gasteiger partial charge in [0.1, 0.15) is 0 Å². The van der Waals surface area contributed by atoms with Crippen molar-refractivity contribution in [2.24, 2.45) is 0 Å². The van der Waals surface area contributed by atoms with Crippen LogP contribution < -0.4 is 5.32 Å². The van der Waals surface area contributed by atoms with Crippen LogP contribution in [0.4, 0.5) is 0 Å². The molecule has 0 aliphatic carbocycles. The first-order valence-corrected chi connectivity index (χ1v) is 3.83. The molecule has 1 N–H and O–H groups in total. The van der Waals surface area contributed by atoms with Gasteiger partial charge >= 0.3 is 0 Å². The van der Waals surface area contributed by atoms with Gasteiger partial charge in [-0.1, -0.05) is 13.8 Å². The minimum absolute atomic E-state index is 1.17. The minimum atomic E-state index is 1.17. The molecule has 1 heteroatoms. The fourth-order valence-corrected chi connectivity index (χ4v) is 1.41. The Morgan fingerprint density at radius 2 is 2.11 bits per heavy atom. The van der Waals surface area contributed by atoms with Crippen molar-refractivity contribution in [3.8, 4) is 0 Å². The molecule has 0 saturated carbocycles. The van der Waals surface area contributed by atoms with E-state index in [1.807, 2.05) is 0 Å². The Kier molecular flexibility index (Phi) is 2.15. The van der Waals surface area contributed by atoms with Crippen molar-refractivity contribution < 1.29 is 0 Å². The van der Waals surface area contributed by atoms with Crippen LogP contribution in [0.2, 0.25) is 0 Å². The average molecular weight is 125 g/mol. The lowest BCUT2D eigenvalue weighted by atomic mass is 10.1. The average Bonchev–Trinajstić information content (AvgIpc) is 2.33. The van der Waals surface area contributed by atoms with Gasteiger partial charge in [-0.2, -0.15) is 0 Å². The molecule has 0 spiro atoms. The maximum Gasteiger partial charge on any atom is 0.0181 e. The van der Waals surface area contributed by atoms with Crippen LogP contribution in [0.1, 0.15) is 33.1 Å². The highest BCUT2D eigenvalue weighted by Crippen LogP contribution is 2.18. The second kappa shape index (κ2) is 2.90. The Bertz CT molecular complexity index is 111.